The average Bonchev–Trinajstić information content (AvgIpc) is 2.75. The molecule has 0 aromatic heterocycles. The maximum absolute atomic E-state index is 12.6. The van der Waals surface area contributed by atoms with Crippen LogP contribution in [0.15, 0.2) is 48.5 Å². The summed E-state index contributed by atoms with van der Waals surface area (Å²) in [4.78, 5) is 27.4. The van der Waals surface area contributed by atoms with Gasteiger partial charge in [0.15, 0.2) is 0 Å². The van der Waals surface area contributed by atoms with Gasteiger partial charge in [-0.15, -0.1) is 0 Å². The second-order valence-corrected chi connectivity index (χ2v) is 7.54. The van der Waals surface area contributed by atoms with Crippen LogP contribution in [-0.4, -0.2) is 66.0 Å². The Kier molecular flexibility index (Phi) is 7.62. The molecular formula is C21H25ClN4O4. The van der Waals surface area contributed by atoms with Gasteiger partial charge < -0.3 is 10.1 Å². The molecule has 2 aromatic carbocycles. The van der Waals surface area contributed by atoms with Gasteiger partial charge in [0.25, 0.3) is 5.69 Å². The van der Waals surface area contributed by atoms with Crippen molar-refractivity contribution >= 4 is 28.9 Å². The van der Waals surface area contributed by atoms with E-state index in [2.05, 4.69) is 15.1 Å². The normalized spacial score (nSPS) is 16.1. The van der Waals surface area contributed by atoms with Crippen molar-refractivity contribution in [2.75, 3.05) is 44.6 Å². The number of nitrogens with one attached hydrogen (secondary N) is 1. The predicted octanol–water partition coefficient (Wildman–Crippen LogP) is 3.27. The third-order valence-corrected chi connectivity index (χ3v) is 5.47. The first-order valence-corrected chi connectivity index (χ1v) is 10.2. The fourth-order valence-electron chi connectivity index (χ4n) is 3.33. The van der Waals surface area contributed by atoms with E-state index in [0.717, 1.165) is 32.7 Å². The topological polar surface area (TPSA) is 87.9 Å². The Labute approximate surface area is 180 Å². The summed E-state index contributed by atoms with van der Waals surface area (Å²) in [5, 5.41) is 14.3. The van der Waals surface area contributed by atoms with Crippen LogP contribution in [0.25, 0.3) is 0 Å². The number of halogens is 1. The smallest absolute Gasteiger partial charge is 0.271 e. The number of nitro groups is 1. The maximum Gasteiger partial charge on any atom is 0.271 e. The summed E-state index contributed by atoms with van der Waals surface area (Å²) < 4.78 is 5.75. The zero-order valence-corrected chi connectivity index (χ0v) is 17.5. The molecule has 30 heavy (non-hydrogen) atoms. The highest BCUT2D eigenvalue weighted by atomic mass is 35.5. The minimum absolute atomic E-state index is 0.0481. The summed E-state index contributed by atoms with van der Waals surface area (Å²) in [6.07, 6.45) is 0. The van der Waals surface area contributed by atoms with Crippen LogP contribution in [0.4, 0.5) is 11.4 Å². The van der Waals surface area contributed by atoms with Gasteiger partial charge >= 0.3 is 0 Å². The van der Waals surface area contributed by atoms with Gasteiger partial charge in [0, 0.05) is 50.5 Å². The van der Waals surface area contributed by atoms with Crippen LogP contribution in [0.5, 0.6) is 5.75 Å². The first-order valence-electron chi connectivity index (χ1n) is 9.83. The predicted molar refractivity (Wildman–Crippen MR) is 116 cm³/mol. The second-order valence-electron chi connectivity index (χ2n) is 7.13. The summed E-state index contributed by atoms with van der Waals surface area (Å²) in [5.41, 5.74) is 0.379. The third kappa shape index (κ3) is 5.91. The number of nitro benzene ring substituents is 1. The number of hydrogen-bond acceptors (Lipinski definition) is 6. The molecule has 1 amide bonds. The van der Waals surface area contributed by atoms with Gasteiger partial charge in [-0.2, -0.15) is 0 Å². The largest absolute Gasteiger partial charge is 0.491 e. The van der Waals surface area contributed by atoms with Crippen LogP contribution in [0.2, 0.25) is 5.02 Å². The van der Waals surface area contributed by atoms with Crippen molar-refractivity contribution in [1.29, 1.82) is 0 Å². The Hall–Kier alpha value is -2.68. The summed E-state index contributed by atoms with van der Waals surface area (Å²) in [6, 6.07) is 13.0. The van der Waals surface area contributed by atoms with E-state index < -0.39 is 4.92 Å². The number of carbonyl (C=O) groups excluding carboxylic acids is 1. The van der Waals surface area contributed by atoms with Gasteiger partial charge in [-0.05, 0) is 25.1 Å². The highest BCUT2D eigenvalue weighted by molar-refractivity contribution is 6.32. The summed E-state index contributed by atoms with van der Waals surface area (Å²) in [6.45, 7) is 6.37. The van der Waals surface area contributed by atoms with E-state index >= 15 is 0 Å². The van der Waals surface area contributed by atoms with Crippen LogP contribution in [0, 0.1) is 10.1 Å². The number of anilines is 1. The number of rotatable bonds is 8. The number of nitrogens with zero attached hydrogens (tertiary/aromatic N) is 3. The molecule has 160 valence electrons. The molecule has 1 aliphatic heterocycles. The Balaban J connectivity index is 1.42. The molecule has 1 unspecified atom stereocenters. The van der Waals surface area contributed by atoms with Gasteiger partial charge in [0.2, 0.25) is 5.91 Å². The van der Waals surface area contributed by atoms with Gasteiger partial charge in [-0.3, -0.25) is 24.7 Å². The van der Waals surface area contributed by atoms with Gasteiger partial charge in [0.05, 0.1) is 16.0 Å². The molecule has 0 bridgehead atoms. The fraction of sp³-hybridized carbons (Fsp3) is 0.381. The van der Waals surface area contributed by atoms with Crippen LogP contribution < -0.4 is 10.1 Å². The number of ether oxygens (including phenoxy) is 1. The van der Waals surface area contributed by atoms with Crippen molar-refractivity contribution in [3.8, 4) is 5.75 Å². The van der Waals surface area contributed by atoms with E-state index in [4.69, 9.17) is 16.3 Å². The van der Waals surface area contributed by atoms with E-state index in [1.54, 1.807) is 18.2 Å². The summed E-state index contributed by atoms with van der Waals surface area (Å²) in [5.74, 6) is 0.509. The van der Waals surface area contributed by atoms with Crippen LogP contribution in [-0.2, 0) is 4.79 Å². The van der Waals surface area contributed by atoms with Gasteiger partial charge in [0.1, 0.15) is 12.4 Å². The lowest BCUT2D eigenvalue weighted by Crippen LogP contribution is -2.53. The number of amides is 1. The van der Waals surface area contributed by atoms with Crippen LogP contribution >= 0.6 is 11.6 Å². The standard InChI is InChI=1S/C21H25ClN4O4/c1-16(21(27)23-17-5-4-6-18(15-17)26(28)29)25-11-9-24(10-12-25)13-14-30-20-8-3-2-7-19(20)22/h2-8,15-16H,9-14H2,1H3,(H,23,27). The van der Waals surface area contributed by atoms with E-state index in [-0.39, 0.29) is 17.6 Å². The third-order valence-electron chi connectivity index (χ3n) is 5.16. The quantitative estimate of drug-likeness (QED) is 0.508. The van der Waals surface area contributed by atoms with Gasteiger partial charge in [-0.25, -0.2) is 0 Å². The Morgan fingerprint density at radius 3 is 2.63 bits per heavy atom. The minimum Gasteiger partial charge on any atom is -0.491 e. The molecule has 1 atom stereocenters. The van der Waals surface area contributed by atoms with Crippen molar-refractivity contribution in [3.63, 3.8) is 0 Å². The molecule has 3 rings (SSSR count). The van der Waals surface area contributed by atoms with E-state index in [9.17, 15) is 14.9 Å². The van der Waals surface area contributed by atoms with Crippen LogP contribution in [0.3, 0.4) is 0 Å². The van der Waals surface area contributed by atoms with Crippen molar-refractivity contribution in [2.45, 2.75) is 13.0 Å². The van der Waals surface area contributed by atoms with E-state index in [1.165, 1.54) is 12.1 Å². The number of hydrogen-bond donors (Lipinski definition) is 1. The molecule has 0 saturated carbocycles. The lowest BCUT2D eigenvalue weighted by Gasteiger charge is -2.37. The van der Waals surface area contributed by atoms with E-state index in [1.807, 2.05) is 25.1 Å². The fourth-order valence-corrected chi connectivity index (χ4v) is 3.52. The van der Waals surface area contributed by atoms with E-state index in [0.29, 0.717) is 23.1 Å². The zero-order valence-electron chi connectivity index (χ0n) is 16.8. The molecule has 1 fully saturated rings. The summed E-state index contributed by atoms with van der Waals surface area (Å²) in [7, 11) is 0. The number of para-hydroxylation sites is 1. The molecule has 2 aromatic rings. The molecule has 1 N–H and O–H groups in total. The highest BCUT2D eigenvalue weighted by Crippen LogP contribution is 2.23. The Morgan fingerprint density at radius 2 is 1.93 bits per heavy atom. The summed E-state index contributed by atoms with van der Waals surface area (Å²) >= 11 is 6.10. The van der Waals surface area contributed by atoms with Crippen molar-refractivity contribution in [3.05, 3.63) is 63.7 Å². The monoisotopic (exact) mass is 432 g/mol. The molecule has 9 heteroatoms. The average molecular weight is 433 g/mol. The zero-order chi connectivity index (χ0) is 21.5. The van der Waals surface area contributed by atoms with Crippen molar-refractivity contribution in [1.82, 2.24) is 9.80 Å². The van der Waals surface area contributed by atoms with Crippen molar-refractivity contribution < 1.29 is 14.5 Å². The van der Waals surface area contributed by atoms with Crippen LogP contribution in [0.1, 0.15) is 6.92 Å². The molecule has 0 aliphatic carbocycles. The number of non-ortho nitro benzene ring substituents is 1. The molecule has 0 spiro atoms. The molecule has 1 aliphatic rings. The minimum atomic E-state index is -0.478. The highest BCUT2D eigenvalue weighted by Gasteiger charge is 2.25. The Morgan fingerprint density at radius 1 is 1.20 bits per heavy atom. The Bertz CT molecular complexity index is 887. The molecule has 1 heterocycles. The SMILES string of the molecule is CC(C(=O)Nc1cccc([N+](=O)[O-])c1)N1CCN(CCOc2ccccc2Cl)CC1. The molecule has 8 nitrogen and oxygen atoms in total. The second kappa shape index (κ2) is 10.4. The molecule has 1 saturated heterocycles. The van der Waals surface area contributed by atoms with Gasteiger partial charge in [-0.1, -0.05) is 29.8 Å². The first kappa shape index (κ1) is 22.0. The molecule has 0 radical (unpaired) electrons. The lowest BCUT2D eigenvalue weighted by molar-refractivity contribution is -0.384. The van der Waals surface area contributed by atoms with Crippen molar-refractivity contribution in [2.24, 2.45) is 0 Å². The maximum atomic E-state index is 12.6. The number of carbonyl (C=O) groups is 1. The number of piperazine rings is 1. The first-order chi connectivity index (χ1) is 14.4. The lowest BCUT2D eigenvalue weighted by atomic mass is 10.2. The molecular weight excluding hydrogens is 408 g/mol. The number of benzene rings is 2.